The zero-order valence-corrected chi connectivity index (χ0v) is 22.0. The first-order chi connectivity index (χ1) is 12.4. The van der Waals surface area contributed by atoms with Crippen molar-refractivity contribution in [1.82, 2.24) is 4.90 Å². The van der Waals surface area contributed by atoms with Crippen LogP contribution in [0, 0.1) is 12.3 Å². The Morgan fingerprint density at radius 2 is 1.54 bits per heavy atom. The highest BCUT2D eigenvalue weighted by Gasteiger charge is 2.42. The molecule has 0 aliphatic carbocycles. The number of carboxylic acid groups (broad SMARTS) is 1. The van der Waals surface area contributed by atoms with Gasteiger partial charge in [0.05, 0.1) is 6.04 Å². The molecule has 1 N–H and O–H groups in total. The molecule has 0 bridgehead atoms. The summed E-state index contributed by atoms with van der Waals surface area (Å²) in [5.74, 6) is 2.74. The van der Waals surface area contributed by atoms with Gasteiger partial charge >= 0.3 is 6.09 Å². The molecule has 1 amide bonds. The number of amides is 1. The highest BCUT2D eigenvalue weighted by atomic mass is 28.4. The molecule has 0 saturated heterocycles. The fourth-order valence-corrected chi connectivity index (χ4v) is 4.63. The van der Waals surface area contributed by atoms with Gasteiger partial charge in [-0.2, -0.15) is 0 Å². The molecule has 28 heavy (non-hydrogen) atoms. The minimum atomic E-state index is -2.15. The summed E-state index contributed by atoms with van der Waals surface area (Å²) in [4.78, 5) is 13.3. The van der Waals surface area contributed by atoms with Crippen LogP contribution in [-0.2, 0) is 8.85 Å². The maximum absolute atomic E-state index is 11.9. The van der Waals surface area contributed by atoms with Crippen molar-refractivity contribution in [2.45, 2.75) is 103 Å². The van der Waals surface area contributed by atoms with E-state index < -0.39 is 34.9 Å². The van der Waals surface area contributed by atoms with Crippen LogP contribution in [0.15, 0.2) is 0 Å². The molecule has 7 heteroatoms. The third-order valence-corrected chi connectivity index (χ3v) is 15.4. The Labute approximate surface area is 175 Å². The van der Waals surface area contributed by atoms with Crippen molar-refractivity contribution < 1.29 is 18.8 Å². The van der Waals surface area contributed by atoms with E-state index in [4.69, 9.17) is 15.3 Å². The van der Waals surface area contributed by atoms with Crippen LogP contribution in [0.3, 0.4) is 0 Å². The number of hydrogen-bond acceptors (Lipinski definition) is 3. The van der Waals surface area contributed by atoms with Gasteiger partial charge in [-0.05, 0) is 49.6 Å². The molecule has 0 aliphatic heterocycles. The van der Waals surface area contributed by atoms with Crippen LogP contribution in [0.4, 0.5) is 4.79 Å². The van der Waals surface area contributed by atoms with E-state index >= 15 is 0 Å². The summed E-state index contributed by atoms with van der Waals surface area (Å²) in [6.45, 7) is 24.4. The van der Waals surface area contributed by atoms with Gasteiger partial charge < -0.3 is 18.9 Å². The number of likely N-dealkylation sites (N-methyl/N-ethyl adjacent to an activating group) is 1. The lowest BCUT2D eigenvalue weighted by molar-refractivity contribution is 0.0691. The van der Waals surface area contributed by atoms with E-state index in [0.29, 0.717) is 19.6 Å². The number of nitrogens with zero attached hydrogens (tertiary/aromatic N) is 1. The highest BCUT2D eigenvalue weighted by Crippen LogP contribution is 2.39. The quantitative estimate of drug-likeness (QED) is 0.372. The minimum absolute atomic E-state index is 0.00937. The van der Waals surface area contributed by atoms with Crippen LogP contribution in [0.5, 0.6) is 0 Å². The average Bonchev–Trinajstić information content (AvgIpc) is 2.49. The van der Waals surface area contributed by atoms with Crippen LogP contribution in [0.25, 0.3) is 0 Å². The van der Waals surface area contributed by atoms with Crippen molar-refractivity contribution in [2.75, 3.05) is 13.2 Å². The Bertz CT molecular complexity index is 556. The molecule has 0 unspecified atom stereocenters. The van der Waals surface area contributed by atoms with E-state index in [1.165, 1.54) is 4.90 Å². The van der Waals surface area contributed by atoms with Gasteiger partial charge in [0.15, 0.2) is 16.6 Å². The van der Waals surface area contributed by atoms with E-state index in [9.17, 15) is 9.90 Å². The van der Waals surface area contributed by atoms with Gasteiger partial charge in [0, 0.05) is 13.2 Å². The Morgan fingerprint density at radius 1 is 1.07 bits per heavy atom. The van der Waals surface area contributed by atoms with E-state index in [-0.39, 0.29) is 10.1 Å². The lowest BCUT2D eigenvalue weighted by Crippen LogP contribution is -2.53. The van der Waals surface area contributed by atoms with Gasteiger partial charge in [-0.15, -0.1) is 6.42 Å². The summed E-state index contributed by atoms with van der Waals surface area (Å²) >= 11 is 0. The van der Waals surface area contributed by atoms with Crippen molar-refractivity contribution in [3.63, 3.8) is 0 Å². The topological polar surface area (TPSA) is 59.0 Å². The Hall–Kier alpha value is -0.816. The van der Waals surface area contributed by atoms with Crippen molar-refractivity contribution >= 4 is 22.7 Å². The molecule has 0 rings (SSSR count). The predicted octanol–water partition coefficient (Wildman–Crippen LogP) is 5.79. The summed E-state index contributed by atoms with van der Waals surface area (Å²) < 4.78 is 12.7. The second kappa shape index (κ2) is 9.79. The third-order valence-electron chi connectivity index (χ3n) is 6.41. The van der Waals surface area contributed by atoms with Gasteiger partial charge in [-0.1, -0.05) is 47.5 Å². The van der Waals surface area contributed by atoms with Crippen LogP contribution in [0.2, 0.25) is 36.3 Å². The second-order valence-corrected chi connectivity index (χ2v) is 20.1. The fourth-order valence-electron chi connectivity index (χ4n) is 2.35. The Kier molecular flexibility index (Phi) is 9.51. The van der Waals surface area contributed by atoms with Gasteiger partial charge in [-0.25, -0.2) is 4.79 Å². The summed E-state index contributed by atoms with van der Waals surface area (Å²) in [5.41, 5.74) is 0. The molecule has 0 aliphatic rings. The molecule has 0 radical (unpaired) electrons. The predicted molar refractivity (Wildman–Crippen MR) is 123 cm³/mol. The zero-order chi connectivity index (χ0) is 22.6. The van der Waals surface area contributed by atoms with Crippen molar-refractivity contribution in [3.8, 4) is 12.3 Å². The van der Waals surface area contributed by atoms with Gasteiger partial charge in [0.2, 0.25) is 0 Å². The van der Waals surface area contributed by atoms with Crippen molar-refractivity contribution in [3.05, 3.63) is 0 Å². The van der Waals surface area contributed by atoms with E-state index in [1.54, 1.807) is 0 Å². The first kappa shape index (κ1) is 27.2. The molecular weight excluding hydrogens is 386 g/mol. The molecule has 164 valence electrons. The van der Waals surface area contributed by atoms with E-state index in [2.05, 4.69) is 73.7 Å². The molecular formula is C21H43NO4Si2. The number of rotatable bonds is 9. The van der Waals surface area contributed by atoms with Crippen molar-refractivity contribution in [2.24, 2.45) is 0 Å². The second-order valence-electron chi connectivity index (χ2n) is 10.5. The molecule has 0 aromatic heterocycles. The Balaban J connectivity index is 5.58. The van der Waals surface area contributed by atoms with Gasteiger partial charge in [0.1, 0.15) is 6.10 Å². The van der Waals surface area contributed by atoms with Crippen LogP contribution < -0.4 is 0 Å². The first-order valence-electron chi connectivity index (χ1n) is 10.2. The standard InChI is InChI=1S/C21H43NO4Si2/c1-13-18(26-28(11,12)21(6,7)8)17(22(14-2)19(23)24)15-16-25-27(9,10)20(3,4)5/h1,17-18H,14-16H2,2-12H3,(H,23,24)/t17-,18-/m0/s1. The lowest BCUT2D eigenvalue weighted by Gasteiger charge is -2.42. The van der Waals surface area contributed by atoms with Gasteiger partial charge in [-0.3, -0.25) is 0 Å². The largest absolute Gasteiger partial charge is 0.465 e. The SMILES string of the molecule is C#C[C@H](O[Si](C)(C)C(C)(C)C)[C@H](CCO[Si](C)(C)C(C)(C)C)N(CC)C(=O)O. The van der Waals surface area contributed by atoms with Crippen molar-refractivity contribution in [1.29, 1.82) is 0 Å². The summed E-state index contributed by atoms with van der Waals surface area (Å²) in [6.07, 6.45) is 4.81. The molecule has 0 fully saturated rings. The first-order valence-corrected chi connectivity index (χ1v) is 16.0. The van der Waals surface area contributed by atoms with Gasteiger partial charge in [0.25, 0.3) is 0 Å². The van der Waals surface area contributed by atoms with Crippen LogP contribution >= 0.6 is 0 Å². The molecule has 0 aromatic rings. The zero-order valence-electron chi connectivity index (χ0n) is 20.0. The van der Waals surface area contributed by atoms with E-state index in [1.807, 2.05) is 6.92 Å². The minimum Gasteiger partial charge on any atom is -0.465 e. The number of carbonyl (C=O) groups is 1. The smallest absolute Gasteiger partial charge is 0.407 e. The van der Waals surface area contributed by atoms with Crippen LogP contribution in [0.1, 0.15) is 54.9 Å². The third kappa shape index (κ3) is 7.21. The summed E-state index contributed by atoms with van der Waals surface area (Å²) in [7, 11) is -4.06. The fraction of sp³-hybridized carbons (Fsp3) is 0.857. The molecule has 0 saturated carbocycles. The number of hydrogen-bond donors (Lipinski definition) is 1. The molecule has 0 heterocycles. The Morgan fingerprint density at radius 3 is 1.86 bits per heavy atom. The average molecular weight is 430 g/mol. The van der Waals surface area contributed by atoms with E-state index in [0.717, 1.165) is 0 Å². The highest BCUT2D eigenvalue weighted by molar-refractivity contribution is 6.74. The monoisotopic (exact) mass is 429 g/mol. The lowest BCUT2D eigenvalue weighted by atomic mass is 10.1. The number of terminal acetylenes is 1. The maximum atomic E-state index is 11.9. The maximum Gasteiger partial charge on any atom is 0.407 e. The molecule has 0 aromatic carbocycles. The molecule has 2 atom stereocenters. The summed E-state index contributed by atoms with van der Waals surface area (Å²) in [6, 6.07) is -0.425. The normalized spacial score (nSPS) is 15.6. The molecule has 5 nitrogen and oxygen atoms in total. The molecule has 0 spiro atoms. The summed E-state index contributed by atoms with van der Waals surface area (Å²) in [5, 5.41) is 9.81. The van der Waals surface area contributed by atoms with Crippen LogP contribution in [-0.4, -0.2) is 58.0 Å².